The number of amides is 2. The van der Waals surface area contributed by atoms with Crippen molar-refractivity contribution in [3.63, 3.8) is 0 Å². The average Bonchev–Trinajstić information content (AvgIpc) is 3.13. The van der Waals surface area contributed by atoms with Crippen LogP contribution in [0, 0.1) is 6.92 Å². The van der Waals surface area contributed by atoms with Gasteiger partial charge in [-0.05, 0) is 56.9 Å². The van der Waals surface area contributed by atoms with Crippen LogP contribution < -0.4 is 15.6 Å². The van der Waals surface area contributed by atoms with E-state index in [1.807, 2.05) is 11.8 Å². The topological polar surface area (TPSA) is 93.5 Å². The SMILES string of the molecule is COc1ccc(Cl)cc1NC(=O)c1sc2ncn(CC(=O)N3CCCC[C@H]3C)c(=O)c2c1C. The number of anilines is 1. The van der Waals surface area contributed by atoms with Crippen LogP contribution in [0.5, 0.6) is 5.75 Å². The molecule has 0 aliphatic carbocycles. The summed E-state index contributed by atoms with van der Waals surface area (Å²) in [5, 5.41) is 3.61. The first-order valence-electron chi connectivity index (χ1n) is 10.7. The predicted molar refractivity (Wildman–Crippen MR) is 130 cm³/mol. The van der Waals surface area contributed by atoms with Crippen molar-refractivity contribution in [2.24, 2.45) is 0 Å². The predicted octanol–water partition coefficient (Wildman–Crippen LogP) is 4.08. The lowest BCUT2D eigenvalue weighted by atomic mass is 10.0. The molecule has 1 fully saturated rings. The lowest BCUT2D eigenvalue weighted by Gasteiger charge is -2.33. The first-order valence-corrected chi connectivity index (χ1v) is 11.9. The zero-order chi connectivity index (χ0) is 23.7. The Balaban J connectivity index is 1.62. The highest BCUT2D eigenvalue weighted by Gasteiger charge is 2.25. The summed E-state index contributed by atoms with van der Waals surface area (Å²) >= 11 is 7.19. The number of carbonyl (C=O) groups excluding carboxylic acids is 2. The van der Waals surface area contributed by atoms with E-state index in [1.54, 1.807) is 25.1 Å². The Morgan fingerprint density at radius 3 is 2.85 bits per heavy atom. The molecule has 33 heavy (non-hydrogen) atoms. The smallest absolute Gasteiger partial charge is 0.266 e. The van der Waals surface area contributed by atoms with Crippen molar-refractivity contribution in [3.8, 4) is 5.75 Å². The molecule has 10 heteroatoms. The van der Waals surface area contributed by atoms with Crippen LogP contribution >= 0.6 is 22.9 Å². The maximum absolute atomic E-state index is 13.2. The number of fused-ring (bicyclic) bond motifs is 1. The summed E-state index contributed by atoms with van der Waals surface area (Å²) in [6.45, 7) is 4.39. The molecule has 4 rings (SSSR count). The largest absolute Gasteiger partial charge is 0.495 e. The van der Waals surface area contributed by atoms with Gasteiger partial charge in [-0.1, -0.05) is 11.6 Å². The molecule has 8 nitrogen and oxygen atoms in total. The van der Waals surface area contributed by atoms with Crippen molar-refractivity contribution in [2.75, 3.05) is 19.0 Å². The van der Waals surface area contributed by atoms with Crippen molar-refractivity contribution in [3.05, 3.63) is 50.3 Å². The summed E-state index contributed by atoms with van der Waals surface area (Å²) in [5.74, 6) is -0.0120. The number of methoxy groups -OCH3 is 1. The number of benzene rings is 1. The normalized spacial score (nSPS) is 16.1. The van der Waals surface area contributed by atoms with Gasteiger partial charge in [0.15, 0.2) is 0 Å². The number of aryl methyl sites for hydroxylation is 1. The maximum atomic E-state index is 13.2. The third-order valence-corrected chi connectivity index (χ3v) is 7.40. The number of carbonyl (C=O) groups is 2. The standard InChI is InChI=1S/C23H25ClN4O4S/c1-13-6-4-5-9-28(13)18(29)11-27-12-25-22-19(23(27)31)14(2)20(33-22)21(30)26-16-10-15(24)7-8-17(16)32-3/h7-8,10,12-13H,4-6,9,11H2,1-3H3,(H,26,30)/t13-/m1/s1. The molecule has 0 radical (unpaired) electrons. The number of rotatable bonds is 5. The van der Waals surface area contributed by atoms with Crippen LogP contribution in [0.25, 0.3) is 10.2 Å². The molecule has 0 bridgehead atoms. The monoisotopic (exact) mass is 488 g/mol. The van der Waals surface area contributed by atoms with Crippen molar-refractivity contribution in [1.29, 1.82) is 0 Å². The van der Waals surface area contributed by atoms with Gasteiger partial charge in [0.1, 0.15) is 17.1 Å². The lowest BCUT2D eigenvalue weighted by Crippen LogP contribution is -2.44. The molecule has 0 spiro atoms. The van der Waals surface area contributed by atoms with Crippen LogP contribution in [0.2, 0.25) is 5.02 Å². The third kappa shape index (κ3) is 4.60. The van der Waals surface area contributed by atoms with Crippen molar-refractivity contribution >= 4 is 50.7 Å². The fraction of sp³-hybridized carbons (Fsp3) is 0.391. The number of hydrogen-bond donors (Lipinski definition) is 1. The van der Waals surface area contributed by atoms with Crippen LogP contribution in [0.4, 0.5) is 5.69 Å². The van der Waals surface area contributed by atoms with Gasteiger partial charge in [-0.3, -0.25) is 19.0 Å². The van der Waals surface area contributed by atoms with E-state index in [-0.39, 0.29) is 30.0 Å². The average molecular weight is 489 g/mol. The van der Waals surface area contributed by atoms with Gasteiger partial charge in [0, 0.05) is 17.6 Å². The van der Waals surface area contributed by atoms with Gasteiger partial charge in [0.25, 0.3) is 11.5 Å². The summed E-state index contributed by atoms with van der Waals surface area (Å²) in [6.07, 6.45) is 4.44. The van der Waals surface area contributed by atoms with Gasteiger partial charge in [-0.25, -0.2) is 4.98 Å². The summed E-state index contributed by atoms with van der Waals surface area (Å²) in [4.78, 5) is 46.0. The molecule has 2 aromatic heterocycles. The number of halogens is 1. The minimum Gasteiger partial charge on any atom is -0.495 e. The summed E-state index contributed by atoms with van der Waals surface area (Å²) in [6, 6.07) is 5.09. The summed E-state index contributed by atoms with van der Waals surface area (Å²) in [7, 11) is 1.50. The molecule has 1 aliphatic rings. The van der Waals surface area contributed by atoms with Gasteiger partial charge in [0.2, 0.25) is 5.91 Å². The Kier molecular flexibility index (Phi) is 6.71. The van der Waals surface area contributed by atoms with E-state index in [1.165, 1.54) is 18.0 Å². The molecule has 1 aromatic carbocycles. The molecular weight excluding hydrogens is 464 g/mol. The van der Waals surface area contributed by atoms with E-state index >= 15 is 0 Å². The zero-order valence-corrected chi connectivity index (χ0v) is 20.3. The number of aromatic nitrogens is 2. The molecule has 1 saturated heterocycles. The van der Waals surface area contributed by atoms with Crippen LogP contribution in [0.15, 0.2) is 29.3 Å². The van der Waals surface area contributed by atoms with E-state index in [0.29, 0.717) is 43.7 Å². The number of piperidine rings is 1. The molecule has 1 N–H and O–H groups in total. The number of hydrogen-bond acceptors (Lipinski definition) is 6. The lowest BCUT2D eigenvalue weighted by molar-refractivity contribution is -0.135. The van der Waals surface area contributed by atoms with Gasteiger partial charge >= 0.3 is 0 Å². The van der Waals surface area contributed by atoms with Gasteiger partial charge in [-0.2, -0.15) is 0 Å². The fourth-order valence-corrected chi connectivity index (χ4v) is 5.36. The number of ether oxygens (including phenoxy) is 1. The Morgan fingerprint density at radius 1 is 1.33 bits per heavy atom. The van der Waals surface area contributed by atoms with Crippen molar-refractivity contribution < 1.29 is 14.3 Å². The van der Waals surface area contributed by atoms with Crippen LogP contribution in [-0.2, 0) is 11.3 Å². The Hall–Kier alpha value is -2.91. The first kappa shape index (κ1) is 23.3. The molecule has 3 aromatic rings. The van der Waals surface area contributed by atoms with Crippen LogP contribution in [0.1, 0.15) is 41.4 Å². The van der Waals surface area contributed by atoms with E-state index in [0.717, 1.165) is 30.6 Å². The minimum absolute atomic E-state index is 0.0668. The maximum Gasteiger partial charge on any atom is 0.266 e. The highest BCUT2D eigenvalue weighted by atomic mass is 35.5. The van der Waals surface area contributed by atoms with E-state index in [4.69, 9.17) is 16.3 Å². The van der Waals surface area contributed by atoms with Crippen molar-refractivity contribution in [1.82, 2.24) is 14.5 Å². The zero-order valence-electron chi connectivity index (χ0n) is 18.7. The molecule has 3 heterocycles. The highest BCUT2D eigenvalue weighted by Crippen LogP contribution is 2.31. The molecule has 0 saturated carbocycles. The van der Waals surface area contributed by atoms with Gasteiger partial charge in [0.05, 0.1) is 29.4 Å². The van der Waals surface area contributed by atoms with E-state index in [9.17, 15) is 14.4 Å². The highest BCUT2D eigenvalue weighted by molar-refractivity contribution is 7.20. The summed E-state index contributed by atoms with van der Waals surface area (Å²) < 4.78 is 6.61. The molecule has 1 atom stereocenters. The number of thiophene rings is 1. The molecule has 174 valence electrons. The second kappa shape index (κ2) is 9.52. The Labute approximate surface area is 200 Å². The molecule has 1 aliphatic heterocycles. The molecule has 0 unspecified atom stereocenters. The number of nitrogens with zero attached hydrogens (tertiary/aromatic N) is 3. The Bertz CT molecular complexity index is 1290. The van der Waals surface area contributed by atoms with Gasteiger partial charge < -0.3 is 15.0 Å². The minimum atomic E-state index is -0.389. The quantitative estimate of drug-likeness (QED) is 0.584. The number of nitrogens with one attached hydrogen (secondary N) is 1. The van der Waals surface area contributed by atoms with Crippen LogP contribution in [0.3, 0.4) is 0 Å². The third-order valence-electron chi connectivity index (χ3n) is 5.96. The first-order chi connectivity index (χ1) is 15.8. The molecular formula is C23H25ClN4O4S. The molecule has 2 amide bonds. The van der Waals surface area contributed by atoms with Crippen LogP contribution in [-0.4, -0.2) is 46.0 Å². The van der Waals surface area contributed by atoms with Gasteiger partial charge in [-0.15, -0.1) is 11.3 Å². The van der Waals surface area contributed by atoms with E-state index in [2.05, 4.69) is 10.3 Å². The second-order valence-corrected chi connectivity index (χ2v) is 9.58. The fourth-order valence-electron chi connectivity index (χ4n) is 4.15. The van der Waals surface area contributed by atoms with E-state index < -0.39 is 0 Å². The summed E-state index contributed by atoms with van der Waals surface area (Å²) in [5.41, 5.74) is 0.628. The van der Waals surface area contributed by atoms with Crippen molar-refractivity contribution in [2.45, 2.75) is 45.7 Å². The Morgan fingerprint density at radius 2 is 2.12 bits per heavy atom. The second-order valence-electron chi connectivity index (χ2n) is 8.14. The number of likely N-dealkylation sites (tertiary alicyclic amines) is 1.